The summed E-state index contributed by atoms with van der Waals surface area (Å²) in [6, 6.07) is 12.5. The van der Waals surface area contributed by atoms with Gasteiger partial charge in [-0.25, -0.2) is 0 Å². The standard InChI is InChI=1S/C25H27N3O4/c1-25(2,3)18-7-5-16(6-8-18)22(30)26-13-15-4-9-19-17(12-15)14-28(24(19)32)20-10-11-21(29)27-23(20)31/h4-9,12,14,20,32H,10-11,13H2,1-3H3,(H,26,30)(H,27,29,31). The molecule has 0 bridgehead atoms. The molecule has 1 atom stereocenters. The number of carbonyl (C=O) groups excluding carboxylic acids is 3. The first-order valence-corrected chi connectivity index (χ1v) is 10.7. The molecule has 0 saturated carbocycles. The van der Waals surface area contributed by atoms with Crippen LogP contribution in [0.15, 0.2) is 48.7 Å². The number of benzene rings is 2. The average molecular weight is 434 g/mol. The molecule has 166 valence electrons. The molecule has 3 aromatic rings. The normalized spacial score (nSPS) is 16.8. The highest BCUT2D eigenvalue weighted by molar-refractivity contribution is 6.00. The van der Waals surface area contributed by atoms with Crippen LogP contribution in [0.2, 0.25) is 0 Å². The fourth-order valence-electron chi connectivity index (χ4n) is 3.97. The van der Waals surface area contributed by atoms with E-state index in [1.807, 2.05) is 36.4 Å². The Kier molecular flexibility index (Phi) is 5.50. The fourth-order valence-corrected chi connectivity index (χ4v) is 3.97. The number of imide groups is 1. The molecule has 4 rings (SSSR count). The minimum Gasteiger partial charge on any atom is -0.494 e. The Bertz CT molecular complexity index is 1200. The molecule has 7 heteroatoms. The van der Waals surface area contributed by atoms with Crippen LogP contribution in [0.25, 0.3) is 10.8 Å². The lowest BCUT2D eigenvalue weighted by atomic mass is 9.87. The van der Waals surface area contributed by atoms with E-state index in [1.54, 1.807) is 12.3 Å². The van der Waals surface area contributed by atoms with E-state index in [0.29, 0.717) is 23.9 Å². The van der Waals surface area contributed by atoms with Gasteiger partial charge in [0, 0.05) is 35.5 Å². The SMILES string of the molecule is CC(C)(C)c1ccc(C(=O)NCc2ccc3c(O)n(C4CCC(=O)NC4=O)cc3c2)cc1. The molecule has 2 aromatic carbocycles. The molecule has 7 nitrogen and oxygen atoms in total. The van der Waals surface area contributed by atoms with Crippen LogP contribution in [0.5, 0.6) is 5.88 Å². The van der Waals surface area contributed by atoms with Crippen molar-refractivity contribution < 1.29 is 19.5 Å². The number of piperidine rings is 1. The molecule has 1 saturated heterocycles. The van der Waals surface area contributed by atoms with Gasteiger partial charge in [-0.3, -0.25) is 19.7 Å². The fraction of sp³-hybridized carbons (Fsp3) is 0.320. The Labute approximate surface area is 186 Å². The molecule has 1 aliphatic rings. The second kappa shape index (κ2) is 8.15. The van der Waals surface area contributed by atoms with Gasteiger partial charge >= 0.3 is 0 Å². The Morgan fingerprint density at radius 1 is 1.16 bits per heavy atom. The molecule has 3 amide bonds. The molecule has 0 radical (unpaired) electrons. The Morgan fingerprint density at radius 2 is 1.88 bits per heavy atom. The molecule has 1 fully saturated rings. The summed E-state index contributed by atoms with van der Waals surface area (Å²) >= 11 is 0. The van der Waals surface area contributed by atoms with Gasteiger partial charge in [-0.1, -0.05) is 39.0 Å². The summed E-state index contributed by atoms with van der Waals surface area (Å²) in [5.74, 6) is -0.881. The number of aromatic hydroxyl groups is 1. The van der Waals surface area contributed by atoms with Gasteiger partial charge in [-0.05, 0) is 47.2 Å². The van der Waals surface area contributed by atoms with Crippen molar-refractivity contribution in [1.29, 1.82) is 0 Å². The molecule has 3 N–H and O–H groups in total. The van der Waals surface area contributed by atoms with Crippen molar-refractivity contribution in [2.45, 2.75) is 51.6 Å². The van der Waals surface area contributed by atoms with Crippen molar-refractivity contribution in [2.24, 2.45) is 0 Å². The van der Waals surface area contributed by atoms with Gasteiger partial charge in [0.05, 0.1) is 0 Å². The van der Waals surface area contributed by atoms with Crippen LogP contribution in [0.1, 0.15) is 61.1 Å². The van der Waals surface area contributed by atoms with Crippen LogP contribution in [0.4, 0.5) is 0 Å². The van der Waals surface area contributed by atoms with Gasteiger partial charge in [-0.15, -0.1) is 0 Å². The summed E-state index contributed by atoms with van der Waals surface area (Å²) in [6.45, 7) is 6.72. The lowest BCUT2D eigenvalue weighted by Gasteiger charge is -2.22. The summed E-state index contributed by atoms with van der Waals surface area (Å²) in [7, 11) is 0. The van der Waals surface area contributed by atoms with Crippen LogP contribution in [0.3, 0.4) is 0 Å². The van der Waals surface area contributed by atoms with Crippen LogP contribution in [-0.2, 0) is 21.5 Å². The second-order valence-electron chi connectivity index (χ2n) is 9.26. The minimum atomic E-state index is -0.626. The van der Waals surface area contributed by atoms with E-state index in [4.69, 9.17) is 0 Å². The Balaban J connectivity index is 1.48. The molecule has 1 aliphatic heterocycles. The molecule has 1 aromatic heterocycles. The van der Waals surface area contributed by atoms with Gasteiger partial charge in [0.2, 0.25) is 11.8 Å². The van der Waals surface area contributed by atoms with Crippen molar-refractivity contribution in [3.05, 3.63) is 65.4 Å². The predicted octanol–water partition coefficient (Wildman–Crippen LogP) is 3.55. The van der Waals surface area contributed by atoms with E-state index in [9.17, 15) is 19.5 Å². The number of carbonyl (C=O) groups is 3. The van der Waals surface area contributed by atoms with Crippen LogP contribution < -0.4 is 10.6 Å². The number of hydrogen-bond acceptors (Lipinski definition) is 4. The second-order valence-corrected chi connectivity index (χ2v) is 9.26. The third-order valence-electron chi connectivity index (χ3n) is 5.89. The molecule has 0 spiro atoms. The maximum Gasteiger partial charge on any atom is 0.251 e. The largest absolute Gasteiger partial charge is 0.494 e. The number of nitrogens with zero attached hydrogens (tertiary/aromatic N) is 1. The topological polar surface area (TPSA) is 100 Å². The smallest absolute Gasteiger partial charge is 0.251 e. The number of rotatable bonds is 4. The molecular formula is C25H27N3O4. The lowest BCUT2D eigenvalue weighted by Crippen LogP contribution is -2.41. The summed E-state index contributed by atoms with van der Waals surface area (Å²) in [5.41, 5.74) is 2.67. The first-order valence-electron chi connectivity index (χ1n) is 10.7. The number of hydrogen-bond donors (Lipinski definition) is 3. The zero-order valence-corrected chi connectivity index (χ0v) is 18.4. The van der Waals surface area contributed by atoms with E-state index in [-0.39, 0.29) is 29.5 Å². The van der Waals surface area contributed by atoms with Crippen molar-refractivity contribution >= 4 is 28.5 Å². The van der Waals surface area contributed by atoms with Crippen molar-refractivity contribution in [1.82, 2.24) is 15.2 Å². The highest BCUT2D eigenvalue weighted by Crippen LogP contribution is 2.33. The van der Waals surface area contributed by atoms with Crippen molar-refractivity contribution in [3.8, 4) is 5.88 Å². The highest BCUT2D eigenvalue weighted by atomic mass is 16.3. The Hall–Kier alpha value is -3.61. The summed E-state index contributed by atoms with van der Waals surface area (Å²) < 4.78 is 1.51. The van der Waals surface area contributed by atoms with E-state index in [2.05, 4.69) is 31.4 Å². The summed E-state index contributed by atoms with van der Waals surface area (Å²) in [6.07, 6.45) is 2.29. The maximum atomic E-state index is 12.5. The van der Waals surface area contributed by atoms with Gasteiger partial charge in [0.25, 0.3) is 5.91 Å². The van der Waals surface area contributed by atoms with Crippen LogP contribution >= 0.6 is 0 Å². The average Bonchev–Trinajstić information content (AvgIpc) is 3.07. The zero-order valence-electron chi connectivity index (χ0n) is 18.4. The zero-order chi connectivity index (χ0) is 23.0. The van der Waals surface area contributed by atoms with Gasteiger partial charge in [0.1, 0.15) is 6.04 Å². The predicted molar refractivity (Wildman–Crippen MR) is 121 cm³/mol. The monoisotopic (exact) mass is 433 g/mol. The first kappa shape index (κ1) is 21.6. The third-order valence-corrected chi connectivity index (χ3v) is 5.89. The molecule has 32 heavy (non-hydrogen) atoms. The van der Waals surface area contributed by atoms with Gasteiger partial charge in [0.15, 0.2) is 5.88 Å². The quantitative estimate of drug-likeness (QED) is 0.548. The van der Waals surface area contributed by atoms with E-state index >= 15 is 0 Å². The van der Waals surface area contributed by atoms with Gasteiger partial charge < -0.3 is 15.0 Å². The molecule has 1 unspecified atom stereocenters. The number of amides is 3. The Morgan fingerprint density at radius 3 is 2.53 bits per heavy atom. The third kappa shape index (κ3) is 4.23. The van der Waals surface area contributed by atoms with Crippen molar-refractivity contribution in [2.75, 3.05) is 0 Å². The minimum absolute atomic E-state index is 0.0102. The summed E-state index contributed by atoms with van der Waals surface area (Å²) in [4.78, 5) is 36.1. The van der Waals surface area contributed by atoms with Crippen molar-refractivity contribution in [3.63, 3.8) is 0 Å². The number of aromatic nitrogens is 1. The molecule has 2 heterocycles. The molecule has 0 aliphatic carbocycles. The highest BCUT2D eigenvalue weighted by Gasteiger charge is 2.30. The number of nitrogens with one attached hydrogen (secondary N) is 2. The van der Waals surface area contributed by atoms with Gasteiger partial charge in [-0.2, -0.15) is 0 Å². The number of fused-ring (bicyclic) bond motifs is 1. The van der Waals surface area contributed by atoms with Crippen LogP contribution in [0, 0.1) is 0 Å². The lowest BCUT2D eigenvalue weighted by molar-refractivity contribution is -0.135. The molecular weight excluding hydrogens is 406 g/mol. The van der Waals surface area contributed by atoms with E-state index in [1.165, 1.54) is 10.1 Å². The first-order chi connectivity index (χ1) is 15.1. The summed E-state index contributed by atoms with van der Waals surface area (Å²) in [5, 5.41) is 17.2. The van der Waals surface area contributed by atoms with E-state index < -0.39 is 11.9 Å². The van der Waals surface area contributed by atoms with Crippen LogP contribution in [-0.4, -0.2) is 27.4 Å². The maximum absolute atomic E-state index is 12.5. The van der Waals surface area contributed by atoms with E-state index in [0.717, 1.165) is 10.9 Å².